The quantitative estimate of drug-likeness (QED) is 0.382. The predicted octanol–water partition coefficient (Wildman–Crippen LogP) is 3.91. The van der Waals surface area contributed by atoms with E-state index in [2.05, 4.69) is 25.7 Å². The van der Waals surface area contributed by atoms with Crippen LogP contribution in [0.3, 0.4) is 0 Å². The molecule has 4 rings (SSSR count). The first-order valence-electron chi connectivity index (χ1n) is 10.1. The Bertz CT molecular complexity index is 1220. The van der Waals surface area contributed by atoms with Gasteiger partial charge in [-0.05, 0) is 42.5 Å². The molecule has 1 amide bonds. The van der Waals surface area contributed by atoms with Gasteiger partial charge in [0.05, 0.1) is 15.5 Å². The van der Waals surface area contributed by atoms with Crippen molar-refractivity contribution in [3.05, 3.63) is 80.3 Å². The number of rotatable bonds is 6. The highest BCUT2D eigenvalue weighted by atomic mass is 35.5. The Morgan fingerprint density at radius 3 is 2.35 bits per heavy atom. The fraction of sp³-hybridized carbons (Fsp3) is 0.190. The number of carbonyl (C=O) groups excluding carboxylic acids is 1. The molecule has 3 aromatic rings. The number of hydrogen-bond acceptors (Lipinski definition) is 8. The van der Waals surface area contributed by atoms with Crippen LogP contribution in [0.15, 0.2) is 48.8 Å². The normalized spacial score (nSPS) is 13.5. The molecule has 0 radical (unpaired) electrons. The molecule has 2 aromatic carbocycles. The second-order valence-corrected chi connectivity index (χ2v) is 8.15. The number of anilines is 3. The third kappa shape index (κ3) is 5.10. The summed E-state index contributed by atoms with van der Waals surface area (Å²) in [7, 11) is 0. The highest BCUT2D eigenvalue weighted by Crippen LogP contribution is 2.32. The summed E-state index contributed by atoms with van der Waals surface area (Å²) >= 11 is 11.9. The van der Waals surface area contributed by atoms with Crippen LogP contribution in [0.5, 0.6) is 0 Å². The number of benzene rings is 2. The van der Waals surface area contributed by atoms with Crippen LogP contribution in [-0.4, -0.2) is 47.0 Å². The summed E-state index contributed by atoms with van der Waals surface area (Å²) in [4.78, 5) is 35.6. The van der Waals surface area contributed by atoms with Gasteiger partial charge in [0.15, 0.2) is 0 Å². The molecule has 0 aliphatic carbocycles. The van der Waals surface area contributed by atoms with Gasteiger partial charge in [-0.25, -0.2) is 14.4 Å². The van der Waals surface area contributed by atoms with Gasteiger partial charge in [-0.2, -0.15) is 0 Å². The summed E-state index contributed by atoms with van der Waals surface area (Å²) in [5, 5.41) is 12.4. The first-order chi connectivity index (χ1) is 16.3. The molecule has 2 heterocycles. The third-order valence-corrected chi connectivity index (χ3v) is 5.77. The number of piperazine rings is 1. The predicted molar refractivity (Wildman–Crippen MR) is 127 cm³/mol. The van der Waals surface area contributed by atoms with E-state index in [4.69, 9.17) is 23.2 Å². The standard InChI is InChI=1S/C21H18Cl2FN7O3/c22-13-1-6-16(17(23)11-13)21(32)28-27-19-18(31(33)34)20(26-12-25-19)30-9-7-29(8-10-30)15-4-2-14(24)3-5-15/h1-6,11-12H,7-10H2,(H,28,32)(H,25,26,27). The van der Waals surface area contributed by atoms with Crippen LogP contribution in [-0.2, 0) is 0 Å². The van der Waals surface area contributed by atoms with Crippen LogP contribution < -0.4 is 20.7 Å². The Morgan fingerprint density at radius 1 is 1.03 bits per heavy atom. The van der Waals surface area contributed by atoms with Crippen molar-refractivity contribution < 1.29 is 14.1 Å². The van der Waals surface area contributed by atoms with Crippen LogP contribution in [0.2, 0.25) is 10.0 Å². The van der Waals surface area contributed by atoms with E-state index in [1.165, 1.54) is 36.7 Å². The number of hydrogen-bond donors (Lipinski definition) is 2. The lowest BCUT2D eigenvalue weighted by atomic mass is 10.2. The van der Waals surface area contributed by atoms with Gasteiger partial charge >= 0.3 is 5.69 Å². The van der Waals surface area contributed by atoms with Gasteiger partial charge in [-0.1, -0.05) is 23.2 Å². The van der Waals surface area contributed by atoms with Gasteiger partial charge in [0.1, 0.15) is 12.1 Å². The lowest BCUT2D eigenvalue weighted by Gasteiger charge is -2.36. The minimum atomic E-state index is -0.621. The zero-order valence-electron chi connectivity index (χ0n) is 17.5. The molecule has 0 spiro atoms. The van der Waals surface area contributed by atoms with Crippen molar-refractivity contribution in [3.8, 4) is 0 Å². The molecule has 1 aliphatic rings. The Labute approximate surface area is 203 Å². The molecule has 0 bridgehead atoms. The lowest BCUT2D eigenvalue weighted by molar-refractivity contribution is -0.383. The number of amides is 1. The number of aromatic nitrogens is 2. The highest BCUT2D eigenvalue weighted by molar-refractivity contribution is 6.36. The summed E-state index contributed by atoms with van der Waals surface area (Å²) < 4.78 is 13.2. The monoisotopic (exact) mass is 505 g/mol. The Hall–Kier alpha value is -3.70. The van der Waals surface area contributed by atoms with Crippen molar-refractivity contribution in [1.29, 1.82) is 0 Å². The maximum atomic E-state index is 13.2. The lowest BCUT2D eigenvalue weighted by Crippen LogP contribution is -2.47. The van der Waals surface area contributed by atoms with E-state index in [1.807, 2.05) is 0 Å². The molecule has 13 heteroatoms. The Morgan fingerprint density at radius 2 is 1.71 bits per heavy atom. The molecular formula is C21H18Cl2FN7O3. The molecule has 0 saturated carbocycles. The molecule has 34 heavy (non-hydrogen) atoms. The van der Waals surface area contributed by atoms with Gasteiger partial charge in [-0.3, -0.25) is 25.8 Å². The Kier molecular flexibility index (Phi) is 6.94. The second kappa shape index (κ2) is 10.1. The largest absolute Gasteiger partial charge is 0.368 e. The van der Waals surface area contributed by atoms with Gasteiger partial charge in [-0.15, -0.1) is 0 Å². The van der Waals surface area contributed by atoms with Crippen LogP contribution >= 0.6 is 23.2 Å². The number of nitrogens with one attached hydrogen (secondary N) is 2. The topological polar surface area (TPSA) is 117 Å². The van der Waals surface area contributed by atoms with Crippen molar-refractivity contribution in [3.63, 3.8) is 0 Å². The number of halogens is 3. The molecule has 10 nitrogen and oxygen atoms in total. The van der Waals surface area contributed by atoms with Crippen LogP contribution in [0, 0.1) is 15.9 Å². The minimum Gasteiger partial charge on any atom is -0.368 e. The van der Waals surface area contributed by atoms with Crippen molar-refractivity contribution in [2.45, 2.75) is 0 Å². The zero-order valence-corrected chi connectivity index (χ0v) is 19.1. The molecule has 0 atom stereocenters. The van der Waals surface area contributed by atoms with E-state index < -0.39 is 10.8 Å². The van der Waals surface area contributed by atoms with Crippen LogP contribution in [0.1, 0.15) is 10.4 Å². The maximum Gasteiger partial charge on any atom is 0.355 e. The molecule has 0 unspecified atom stereocenters. The molecule has 1 aromatic heterocycles. The highest BCUT2D eigenvalue weighted by Gasteiger charge is 2.29. The van der Waals surface area contributed by atoms with Crippen molar-refractivity contribution in [2.75, 3.05) is 41.4 Å². The average Bonchev–Trinajstić information content (AvgIpc) is 2.83. The average molecular weight is 506 g/mol. The van der Waals surface area contributed by atoms with E-state index in [9.17, 15) is 19.3 Å². The second-order valence-electron chi connectivity index (χ2n) is 7.31. The third-order valence-electron chi connectivity index (χ3n) is 5.23. The van der Waals surface area contributed by atoms with Crippen LogP contribution in [0.25, 0.3) is 0 Å². The SMILES string of the molecule is O=C(NNc1ncnc(N2CCN(c3ccc(F)cc3)CC2)c1[N+](=O)[O-])c1ccc(Cl)cc1Cl. The molecule has 1 saturated heterocycles. The summed E-state index contributed by atoms with van der Waals surface area (Å²) in [6, 6.07) is 10.5. The molecule has 2 N–H and O–H groups in total. The van der Waals surface area contributed by atoms with Crippen molar-refractivity contribution in [1.82, 2.24) is 15.4 Å². The zero-order chi connectivity index (χ0) is 24.2. The fourth-order valence-corrected chi connectivity index (χ4v) is 4.04. The summed E-state index contributed by atoms with van der Waals surface area (Å²) in [5.74, 6) is -0.983. The number of nitro groups is 1. The molecular weight excluding hydrogens is 488 g/mol. The van der Waals surface area contributed by atoms with Crippen molar-refractivity contribution in [2.24, 2.45) is 0 Å². The summed E-state index contributed by atoms with van der Waals surface area (Å²) in [5.41, 5.74) is 5.49. The van der Waals surface area contributed by atoms with Gasteiger partial charge < -0.3 is 9.80 Å². The number of hydrazine groups is 1. The molecule has 1 aliphatic heterocycles. The van der Waals surface area contributed by atoms with Gasteiger partial charge in [0.25, 0.3) is 5.91 Å². The van der Waals surface area contributed by atoms with E-state index in [1.54, 1.807) is 17.0 Å². The summed E-state index contributed by atoms with van der Waals surface area (Å²) in [6.07, 6.45) is 1.18. The van der Waals surface area contributed by atoms with E-state index >= 15 is 0 Å². The van der Waals surface area contributed by atoms with E-state index in [0.717, 1.165) is 5.69 Å². The number of carbonyl (C=O) groups is 1. The van der Waals surface area contributed by atoms with Gasteiger partial charge in [0.2, 0.25) is 11.6 Å². The first kappa shape index (κ1) is 23.5. The fourth-order valence-electron chi connectivity index (χ4n) is 3.55. The maximum absolute atomic E-state index is 13.2. The first-order valence-corrected chi connectivity index (χ1v) is 10.9. The molecule has 176 valence electrons. The minimum absolute atomic E-state index is 0.125. The van der Waals surface area contributed by atoms with Crippen molar-refractivity contribution >= 4 is 52.1 Å². The van der Waals surface area contributed by atoms with E-state index in [-0.39, 0.29) is 33.7 Å². The van der Waals surface area contributed by atoms with Gasteiger partial charge in [0, 0.05) is 36.9 Å². The molecule has 1 fully saturated rings. The number of nitrogens with zero attached hydrogens (tertiary/aromatic N) is 5. The van der Waals surface area contributed by atoms with Crippen LogP contribution in [0.4, 0.5) is 27.4 Å². The smallest absolute Gasteiger partial charge is 0.355 e. The Balaban J connectivity index is 1.48. The summed E-state index contributed by atoms with van der Waals surface area (Å²) in [6.45, 7) is 2.01. The van der Waals surface area contributed by atoms with E-state index in [0.29, 0.717) is 31.2 Å².